The van der Waals surface area contributed by atoms with E-state index >= 15 is 0 Å². The number of carbonyl (C=O) groups is 1. The van der Waals surface area contributed by atoms with Crippen LogP contribution in [0.3, 0.4) is 0 Å². The molecule has 0 fully saturated rings. The second kappa shape index (κ2) is 9.02. The van der Waals surface area contributed by atoms with Gasteiger partial charge in [-0.15, -0.1) is 24.5 Å². The SMILES string of the molecule is O=C(COc1ccc(OC(F)(F)F)cc1)N1Cc2ccc(S(=O)(=O)Cc3nccs3)cc2C1. The fourth-order valence-electron chi connectivity index (χ4n) is 3.28. The maximum Gasteiger partial charge on any atom is 0.573 e. The first-order chi connectivity index (χ1) is 15.6. The van der Waals surface area contributed by atoms with Crippen molar-refractivity contribution in [2.75, 3.05) is 6.61 Å². The lowest BCUT2D eigenvalue weighted by Crippen LogP contribution is -2.30. The van der Waals surface area contributed by atoms with Gasteiger partial charge in [0.15, 0.2) is 16.4 Å². The summed E-state index contributed by atoms with van der Waals surface area (Å²) in [5.41, 5.74) is 1.57. The summed E-state index contributed by atoms with van der Waals surface area (Å²) in [5.74, 6) is -0.705. The number of alkyl halides is 3. The first kappa shape index (κ1) is 23.1. The number of fused-ring (bicyclic) bond motifs is 1. The smallest absolute Gasteiger partial charge is 0.484 e. The Morgan fingerprint density at radius 1 is 1.06 bits per heavy atom. The average Bonchev–Trinajstić information content (AvgIpc) is 3.40. The van der Waals surface area contributed by atoms with Gasteiger partial charge in [0.2, 0.25) is 0 Å². The van der Waals surface area contributed by atoms with Crippen LogP contribution in [0, 0.1) is 0 Å². The van der Waals surface area contributed by atoms with E-state index in [-0.39, 0.29) is 35.5 Å². The van der Waals surface area contributed by atoms with Gasteiger partial charge in [0.05, 0.1) is 4.90 Å². The van der Waals surface area contributed by atoms with Crippen molar-refractivity contribution in [3.8, 4) is 11.5 Å². The largest absolute Gasteiger partial charge is 0.573 e. The number of amides is 1. The summed E-state index contributed by atoms with van der Waals surface area (Å²) < 4.78 is 71.1. The summed E-state index contributed by atoms with van der Waals surface area (Å²) in [4.78, 5) is 18.2. The van der Waals surface area contributed by atoms with Crippen LogP contribution < -0.4 is 9.47 Å². The van der Waals surface area contributed by atoms with Crippen LogP contribution >= 0.6 is 11.3 Å². The summed E-state index contributed by atoms with van der Waals surface area (Å²) in [6.07, 6.45) is -3.24. The number of benzene rings is 2. The highest BCUT2D eigenvalue weighted by atomic mass is 32.2. The molecule has 1 aliphatic heterocycles. The minimum absolute atomic E-state index is 0.170. The quantitative estimate of drug-likeness (QED) is 0.491. The second-order valence-electron chi connectivity index (χ2n) is 7.17. The minimum Gasteiger partial charge on any atom is -0.484 e. The lowest BCUT2D eigenvalue weighted by molar-refractivity contribution is -0.274. The van der Waals surface area contributed by atoms with Gasteiger partial charge in [-0.25, -0.2) is 13.4 Å². The van der Waals surface area contributed by atoms with Gasteiger partial charge in [-0.3, -0.25) is 4.79 Å². The zero-order chi connectivity index (χ0) is 23.6. The molecule has 4 rings (SSSR count). The van der Waals surface area contributed by atoms with Gasteiger partial charge in [-0.1, -0.05) is 6.07 Å². The molecule has 2 heterocycles. The van der Waals surface area contributed by atoms with Crippen molar-refractivity contribution in [1.82, 2.24) is 9.88 Å². The van der Waals surface area contributed by atoms with Crippen LogP contribution in [0.4, 0.5) is 13.2 Å². The van der Waals surface area contributed by atoms with Gasteiger partial charge in [0, 0.05) is 24.7 Å². The van der Waals surface area contributed by atoms with Crippen LogP contribution in [0.15, 0.2) is 58.9 Å². The van der Waals surface area contributed by atoms with Gasteiger partial charge in [-0.05, 0) is 47.5 Å². The van der Waals surface area contributed by atoms with E-state index < -0.39 is 21.9 Å². The summed E-state index contributed by atoms with van der Waals surface area (Å²) in [5, 5.41) is 2.21. The van der Waals surface area contributed by atoms with Crippen LogP contribution in [0.2, 0.25) is 0 Å². The van der Waals surface area contributed by atoms with Crippen LogP contribution in [0.5, 0.6) is 11.5 Å². The Hall–Kier alpha value is -3.12. The monoisotopic (exact) mass is 498 g/mol. The van der Waals surface area contributed by atoms with Crippen molar-refractivity contribution in [2.45, 2.75) is 30.1 Å². The molecule has 33 heavy (non-hydrogen) atoms. The molecule has 2 aromatic carbocycles. The van der Waals surface area contributed by atoms with Gasteiger partial charge in [0.25, 0.3) is 5.91 Å². The molecule has 7 nitrogen and oxygen atoms in total. The Morgan fingerprint density at radius 2 is 1.76 bits per heavy atom. The number of thiazole rings is 1. The lowest BCUT2D eigenvalue weighted by atomic mass is 10.1. The highest BCUT2D eigenvalue weighted by Crippen LogP contribution is 2.28. The van der Waals surface area contributed by atoms with Gasteiger partial charge in [0.1, 0.15) is 22.3 Å². The summed E-state index contributed by atoms with van der Waals surface area (Å²) in [6.45, 7) is 0.224. The molecule has 0 radical (unpaired) electrons. The molecule has 1 aromatic heterocycles. The number of carbonyl (C=O) groups excluding carboxylic acids is 1. The van der Waals surface area contributed by atoms with Crippen molar-refractivity contribution in [1.29, 1.82) is 0 Å². The second-order valence-corrected chi connectivity index (χ2v) is 10.1. The van der Waals surface area contributed by atoms with Crippen molar-refractivity contribution in [2.24, 2.45) is 0 Å². The summed E-state index contributed by atoms with van der Waals surface area (Å²) >= 11 is 1.27. The van der Waals surface area contributed by atoms with Crippen LogP contribution in [0.25, 0.3) is 0 Å². The Balaban J connectivity index is 1.35. The normalized spacial score (nSPS) is 13.6. The molecule has 0 bridgehead atoms. The van der Waals surface area contributed by atoms with E-state index in [0.29, 0.717) is 11.6 Å². The zero-order valence-corrected chi connectivity index (χ0v) is 18.5. The molecule has 0 unspecified atom stereocenters. The number of ether oxygens (including phenoxy) is 2. The van der Waals surface area contributed by atoms with Crippen LogP contribution in [-0.4, -0.2) is 37.2 Å². The third-order valence-electron chi connectivity index (χ3n) is 4.83. The number of aromatic nitrogens is 1. The molecular weight excluding hydrogens is 481 g/mol. The Bertz CT molecular complexity index is 1240. The van der Waals surface area contributed by atoms with Gasteiger partial charge in [-0.2, -0.15) is 0 Å². The third kappa shape index (κ3) is 5.82. The van der Waals surface area contributed by atoms with Crippen molar-refractivity contribution in [3.63, 3.8) is 0 Å². The Morgan fingerprint density at radius 3 is 2.42 bits per heavy atom. The predicted octanol–water partition coefficient (Wildman–Crippen LogP) is 3.94. The van der Waals surface area contributed by atoms with Gasteiger partial charge >= 0.3 is 6.36 Å². The number of nitrogens with zero attached hydrogens (tertiary/aromatic N) is 2. The number of hydrogen-bond acceptors (Lipinski definition) is 7. The molecule has 0 N–H and O–H groups in total. The summed E-state index contributed by atoms with van der Waals surface area (Å²) in [6, 6.07) is 9.51. The molecule has 0 saturated heterocycles. The number of hydrogen-bond donors (Lipinski definition) is 0. The van der Waals surface area contributed by atoms with E-state index in [4.69, 9.17) is 4.74 Å². The predicted molar refractivity (Wildman–Crippen MR) is 112 cm³/mol. The topological polar surface area (TPSA) is 85.8 Å². The molecule has 0 atom stereocenters. The standard InChI is InChI=1S/C21H17F3N2O5S2/c22-21(23,24)31-17-4-2-16(3-5-17)30-12-20(27)26-10-14-1-6-18(9-15(14)11-26)33(28,29)13-19-25-7-8-32-19/h1-9H,10-13H2. The molecule has 0 spiro atoms. The van der Waals surface area contributed by atoms with Crippen LogP contribution in [-0.2, 0) is 33.5 Å². The van der Waals surface area contributed by atoms with E-state index in [0.717, 1.165) is 23.3 Å². The molecule has 1 amide bonds. The van der Waals surface area contributed by atoms with E-state index in [2.05, 4.69) is 9.72 Å². The van der Waals surface area contributed by atoms with Gasteiger partial charge < -0.3 is 14.4 Å². The fourth-order valence-corrected chi connectivity index (χ4v) is 5.59. The van der Waals surface area contributed by atoms with E-state index in [1.165, 1.54) is 34.4 Å². The van der Waals surface area contributed by atoms with Crippen molar-refractivity contribution in [3.05, 3.63) is 70.2 Å². The molecule has 174 valence electrons. The minimum atomic E-state index is -4.79. The molecule has 1 aliphatic rings. The van der Waals surface area contributed by atoms with Crippen LogP contribution in [0.1, 0.15) is 16.1 Å². The first-order valence-corrected chi connectivity index (χ1v) is 12.1. The van der Waals surface area contributed by atoms with Crippen molar-refractivity contribution >= 4 is 27.1 Å². The maximum atomic E-state index is 12.7. The third-order valence-corrected chi connectivity index (χ3v) is 7.42. The van der Waals surface area contributed by atoms with E-state index in [9.17, 15) is 26.4 Å². The average molecular weight is 499 g/mol. The lowest BCUT2D eigenvalue weighted by Gasteiger charge is -2.16. The Labute approximate surface area is 191 Å². The van der Waals surface area contributed by atoms with E-state index in [1.807, 2.05) is 0 Å². The maximum absolute atomic E-state index is 12.7. The first-order valence-electron chi connectivity index (χ1n) is 9.58. The molecule has 3 aromatic rings. The van der Waals surface area contributed by atoms with E-state index in [1.54, 1.807) is 23.7 Å². The van der Waals surface area contributed by atoms with Crippen molar-refractivity contribution < 1.29 is 35.9 Å². The molecular formula is C21H17F3N2O5S2. The fraction of sp³-hybridized carbons (Fsp3) is 0.238. The number of halogens is 3. The summed E-state index contributed by atoms with van der Waals surface area (Å²) in [7, 11) is -3.56. The zero-order valence-electron chi connectivity index (χ0n) is 16.9. The molecule has 12 heteroatoms. The number of rotatable bonds is 7. The highest BCUT2D eigenvalue weighted by molar-refractivity contribution is 7.90. The molecule has 0 aliphatic carbocycles. The Kier molecular flexibility index (Phi) is 6.30. The number of sulfone groups is 1. The molecule has 0 saturated carbocycles. The highest BCUT2D eigenvalue weighted by Gasteiger charge is 2.31.